The van der Waals surface area contributed by atoms with E-state index in [4.69, 9.17) is 4.74 Å². The largest absolute Gasteiger partial charge is 0.378 e. The second-order valence-corrected chi connectivity index (χ2v) is 5.71. The molecule has 2 nitrogen and oxygen atoms in total. The van der Waals surface area contributed by atoms with Crippen LogP contribution < -0.4 is 5.32 Å². The number of hydrogen-bond acceptors (Lipinski definition) is 2. The molecule has 1 N–H and O–H groups in total. The molecule has 0 bridgehead atoms. The van der Waals surface area contributed by atoms with Crippen molar-refractivity contribution in [2.75, 3.05) is 13.2 Å². The quantitative estimate of drug-likeness (QED) is 0.750. The predicted molar refractivity (Wildman–Crippen MR) is 76.8 cm³/mol. The van der Waals surface area contributed by atoms with E-state index in [-0.39, 0.29) is 0 Å². The van der Waals surface area contributed by atoms with Gasteiger partial charge in [0, 0.05) is 12.6 Å². The number of nitrogens with one attached hydrogen (secondary N) is 1. The summed E-state index contributed by atoms with van der Waals surface area (Å²) in [5.74, 6) is 0. The first-order chi connectivity index (χ1) is 8.90. The summed E-state index contributed by atoms with van der Waals surface area (Å²) in [5, 5.41) is 3.68. The summed E-state index contributed by atoms with van der Waals surface area (Å²) >= 11 is 0. The topological polar surface area (TPSA) is 21.3 Å². The van der Waals surface area contributed by atoms with E-state index in [0.717, 1.165) is 13.2 Å². The van der Waals surface area contributed by atoms with E-state index in [2.05, 4.69) is 18.3 Å². The minimum Gasteiger partial charge on any atom is -0.378 e. The van der Waals surface area contributed by atoms with Gasteiger partial charge in [-0.05, 0) is 51.5 Å². The molecule has 2 rings (SSSR count). The normalized spacial score (nSPS) is 27.4. The zero-order valence-electron chi connectivity index (χ0n) is 11.9. The highest BCUT2D eigenvalue weighted by Gasteiger charge is 2.22. The van der Waals surface area contributed by atoms with Gasteiger partial charge in [0.05, 0.1) is 6.10 Å². The summed E-state index contributed by atoms with van der Waals surface area (Å²) in [7, 11) is 0. The van der Waals surface area contributed by atoms with Gasteiger partial charge >= 0.3 is 0 Å². The average Bonchev–Trinajstić information content (AvgIpc) is 2.81. The van der Waals surface area contributed by atoms with Gasteiger partial charge in [0.1, 0.15) is 0 Å². The Bertz CT molecular complexity index is 256. The van der Waals surface area contributed by atoms with Crippen LogP contribution in [0.2, 0.25) is 0 Å². The van der Waals surface area contributed by atoms with Gasteiger partial charge in [-0.2, -0.15) is 0 Å². The van der Waals surface area contributed by atoms with Crippen LogP contribution in [-0.2, 0) is 4.74 Å². The van der Waals surface area contributed by atoms with Crippen LogP contribution >= 0.6 is 0 Å². The fourth-order valence-electron chi connectivity index (χ4n) is 3.24. The minimum atomic E-state index is 0.500. The molecule has 1 aliphatic carbocycles. The van der Waals surface area contributed by atoms with Crippen LogP contribution in [0, 0.1) is 0 Å². The van der Waals surface area contributed by atoms with Crippen LogP contribution in [0.15, 0.2) is 11.6 Å². The van der Waals surface area contributed by atoms with Crippen molar-refractivity contribution < 1.29 is 4.74 Å². The van der Waals surface area contributed by atoms with Crippen molar-refractivity contribution in [1.29, 1.82) is 0 Å². The van der Waals surface area contributed by atoms with E-state index in [0.29, 0.717) is 12.1 Å². The standard InChI is InChI=1S/C16H29NO/c1-2-17-16(13-15-11-8-12-18-15)14-9-6-4-3-5-7-10-14/h9,15-17H,2-8,10-13H2,1H3. The van der Waals surface area contributed by atoms with E-state index < -0.39 is 0 Å². The molecule has 2 unspecified atom stereocenters. The van der Waals surface area contributed by atoms with Gasteiger partial charge in [-0.25, -0.2) is 0 Å². The summed E-state index contributed by atoms with van der Waals surface area (Å²) in [6.07, 6.45) is 14.9. The van der Waals surface area contributed by atoms with Crippen molar-refractivity contribution in [3.63, 3.8) is 0 Å². The van der Waals surface area contributed by atoms with E-state index in [1.165, 1.54) is 57.8 Å². The molecule has 2 atom stereocenters. The lowest BCUT2D eigenvalue weighted by atomic mass is 9.91. The molecular weight excluding hydrogens is 222 g/mol. The van der Waals surface area contributed by atoms with E-state index in [1.54, 1.807) is 5.57 Å². The number of likely N-dealkylation sites (N-methyl/N-ethyl adjacent to an activating group) is 1. The molecule has 18 heavy (non-hydrogen) atoms. The summed E-state index contributed by atoms with van der Waals surface area (Å²) in [4.78, 5) is 0. The van der Waals surface area contributed by atoms with Crippen molar-refractivity contribution in [2.24, 2.45) is 0 Å². The van der Waals surface area contributed by atoms with Crippen molar-refractivity contribution in [3.8, 4) is 0 Å². The number of rotatable bonds is 5. The monoisotopic (exact) mass is 251 g/mol. The first-order valence-electron chi connectivity index (χ1n) is 7.94. The lowest BCUT2D eigenvalue weighted by molar-refractivity contribution is 0.0975. The summed E-state index contributed by atoms with van der Waals surface area (Å²) < 4.78 is 5.81. The van der Waals surface area contributed by atoms with E-state index >= 15 is 0 Å². The third-order valence-electron chi connectivity index (χ3n) is 4.25. The van der Waals surface area contributed by atoms with Crippen molar-refractivity contribution in [1.82, 2.24) is 5.32 Å². The molecule has 1 fully saturated rings. The molecule has 0 aromatic heterocycles. The Morgan fingerprint density at radius 3 is 2.94 bits per heavy atom. The van der Waals surface area contributed by atoms with E-state index in [1.807, 2.05) is 0 Å². The van der Waals surface area contributed by atoms with Crippen LogP contribution in [0.5, 0.6) is 0 Å². The predicted octanol–water partition coefficient (Wildman–Crippen LogP) is 3.81. The minimum absolute atomic E-state index is 0.500. The molecule has 0 amide bonds. The Hall–Kier alpha value is -0.340. The van der Waals surface area contributed by atoms with Crippen molar-refractivity contribution >= 4 is 0 Å². The number of hydrogen-bond donors (Lipinski definition) is 1. The molecule has 2 aliphatic rings. The Labute approximate surface area is 112 Å². The van der Waals surface area contributed by atoms with Crippen molar-refractivity contribution in [2.45, 2.75) is 76.9 Å². The second-order valence-electron chi connectivity index (χ2n) is 5.71. The third-order valence-corrected chi connectivity index (χ3v) is 4.25. The fourth-order valence-corrected chi connectivity index (χ4v) is 3.24. The average molecular weight is 251 g/mol. The number of ether oxygens (including phenoxy) is 1. The van der Waals surface area contributed by atoms with Crippen LogP contribution in [-0.4, -0.2) is 25.3 Å². The molecule has 0 aromatic rings. The van der Waals surface area contributed by atoms with Crippen LogP contribution in [0.3, 0.4) is 0 Å². The Morgan fingerprint density at radius 2 is 2.17 bits per heavy atom. The molecule has 0 aromatic carbocycles. The van der Waals surface area contributed by atoms with Gasteiger partial charge in [0.15, 0.2) is 0 Å². The number of allylic oxidation sites excluding steroid dienone is 1. The van der Waals surface area contributed by atoms with Gasteiger partial charge in [-0.15, -0.1) is 0 Å². The maximum Gasteiger partial charge on any atom is 0.0594 e. The lowest BCUT2D eigenvalue weighted by Gasteiger charge is -2.25. The van der Waals surface area contributed by atoms with Gasteiger partial charge in [-0.1, -0.05) is 31.4 Å². The maximum absolute atomic E-state index is 5.81. The highest BCUT2D eigenvalue weighted by atomic mass is 16.5. The fraction of sp³-hybridized carbons (Fsp3) is 0.875. The summed E-state index contributed by atoms with van der Waals surface area (Å²) in [6.45, 7) is 4.25. The molecule has 0 radical (unpaired) electrons. The van der Waals surface area contributed by atoms with Crippen LogP contribution in [0.1, 0.15) is 64.7 Å². The summed E-state index contributed by atoms with van der Waals surface area (Å²) in [6, 6.07) is 0.566. The Balaban J connectivity index is 1.92. The smallest absolute Gasteiger partial charge is 0.0594 e. The molecule has 1 aliphatic heterocycles. The van der Waals surface area contributed by atoms with Crippen LogP contribution in [0.25, 0.3) is 0 Å². The highest BCUT2D eigenvalue weighted by molar-refractivity contribution is 5.12. The zero-order chi connectivity index (χ0) is 12.6. The van der Waals surface area contributed by atoms with Gasteiger partial charge < -0.3 is 10.1 Å². The first kappa shape index (κ1) is 14.1. The van der Waals surface area contributed by atoms with Gasteiger partial charge in [0.25, 0.3) is 0 Å². The molecule has 0 saturated carbocycles. The molecular formula is C16H29NO. The van der Waals surface area contributed by atoms with Gasteiger partial charge in [0.2, 0.25) is 0 Å². The second kappa shape index (κ2) is 7.96. The van der Waals surface area contributed by atoms with Gasteiger partial charge in [-0.3, -0.25) is 0 Å². The van der Waals surface area contributed by atoms with Crippen LogP contribution in [0.4, 0.5) is 0 Å². The molecule has 104 valence electrons. The highest BCUT2D eigenvalue weighted by Crippen LogP contribution is 2.25. The Kier molecular flexibility index (Phi) is 6.22. The molecule has 1 heterocycles. The molecule has 2 heteroatoms. The lowest BCUT2D eigenvalue weighted by Crippen LogP contribution is -2.34. The maximum atomic E-state index is 5.81. The molecule has 1 saturated heterocycles. The van der Waals surface area contributed by atoms with E-state index in [9.17, 15) is 0 Å². The molecule has 0 spiro atoms. The summed E-state index contributed by atoms with van der Waals surface area (Å²) in [5.41, 5.74) is 1.66. The van der Waals surface area contributed by atoms with Crippen molar-refractivity contribution in [3.05, 3.63) is 11.6 Å². The third kappa shape index (κ3) is 4.40. The SMILES string of the molecule is CCNC(CC1CCCO1)C1=CCCCCCC1. The first-order valence-corrected chi connectivity index (χ1v) is 7.94. The zero-order valence-corrected chi connectivity index (χ0v) is 11.9. The Morgan fingerprint density at radius 1 is 1.28 bits per heavy atom.